The van der Waals surface area contributed by atoms with Gasteiger partial charge in [0.1, 0.15) is 6.29 Å². The maximum absolute atomic E-state index is 10.5. The summed E-state index contributed by atoms with van der Waals surface area (Å²) in [7, 11) is 1.67. The fourth-order valence-electron chi connectivity index (χ4n) is 0.379. The molecule has 0 unspecified atom stereocenters. The van der Waals surface area contributed by atoms with Crippen LogP contribution in [-0.2, 0) is 9.59 Å². The van der Waals surface area contributed by atoms with Crippen LogP contribution in [0, 0.1) is 0 Å². The zero-order valence-electron chi connectivity index (χ0n) is 7.31. The van der Waals surface area contributed by atoms with E-state index in [9.17, 15) is 9.59 Å². The molecule has 0 aromatic heterocycles. The van der Waals surface area contributed by atoms with Crippen LogP contribution >= 0.6 is 0 Å². The van der Waals surface area contributed by atoms with Gasteiger partial charge in [-0.3, -0.25) is 4.79 Å². The molecular weight excluding hydrogens is 144 g/mol. The highest BCUT2D eigenvalue weighted by Crippen LogP contribution is 1.57. The number of rotatable bonds is 4. The van der Waals surface area contributed by atoms with Crippen LogP contribution in [0.5, 0.6) is 0 Å². The molecular formula is C7H16N2O2. The minimum absolute atomic E-state index is 0.0977. The Labute approximate surface area is 67.4 Å². The molecule has 2 N–H and O–H groups in total. The maximum atomic E-state index is 10.5. The molecule has 0 saturated carbocycles. The molecule has 0 bridgehead atoms. The van der Waals surface area contributed by atoms with Crippen molar-refractivity contribution in [1.82, 2.24) is 10.6 Å². The van der Waals surface area contributed by atoms with E-state index < -0.39 is 0 Å². The number of hydrogen-bond donors (Lipinski definition) is 2. The van der Waals surface area contributed by atoms with Crippen LogP contribution in [-0.4, -0.2) is 32.3 Å². The van der Waals surface area contributed by atoms with E-state index in [4.69, 9.17) is 0 Å². The van der Waals surface area contributed by atoms with Crippen LogP contribution in [0.25, 0.3) is 0 Å². The topological polar surface area (TPSA) is 58.2 Å². The highest BCUT2D eigenvalue weighted by atomic mass is 16.2. The van der Waals surface area contributed by atoms with Gasteiger partial charge in [-0.2, -0.15) is 0 Å². The van der Waals surface area contributed by atoms with Crippen LogP contribution in [0.4, 0.5) is 0 Å². The van der Waals surface area contributed by atoms with Gasteiger partial charge in [0.2, 0.25) is 5.91 Å². The molecule has 1 amide bonds. The average Bonchev–Trinajstić information content (AvgIpc) is 2.05. The quantitative estimate of drug-likeness (QED) is 0.547. The summed E-state index contributed by atoms with van der Waals surface area (Å²) in [4.78, 5) is 20.1. The summed E-state index contributed by atoms with van der Waals surface area (Å²) in [5.41, 5.74) is 0. The highest BCUT2D eigenvalue weighted by Gasteiger charge is 1.93. The van der Waals surface area contributed by atoms with Crippen molar-refractivity contribution in [3.8, 4) is 0 Å². The summed E-state index contributed by atoms with van der Waals surface area (Å²) < 4.78 is 0. The van der Waals surface area contributed by atoms with Gasteiger partial charge in [-0.1, -0.05) is 13.8 Å². The number of carbonyl (C=O) groups is 2. The van der Waals surface area contributed by atoms with Crippen LogP contribution in [0.15, 0.2) is 0 Å². The van der Waals surface area contributed by atoms with Gasteiger partial charge in [-0.25, -0.2) is 0 Å². The van der Waals surface area contributed by atoms with Gasteiger partial charge in [-0.05, 0) is 7.05 Å². The first-order chi connectivity index (χ1) is 5.31. The fraction of sp³-hybridized carbons (Fsp3) is 0.714. The molecule has 0 aliphatic rings. The first kappa shape index (κ1) is 12.7. The first-order valence-electron chi connectivity index (χ1n) is 3.66. The second kappa shape index (κ2) is 11.8. The lowest BCUT2D eigenvalue weighted by Gasteiger charge is -1.97. The Kier molecular flexibility index (Phi) is 13.7. The van der Waals surface area contributed by atoms with E-state index in [2.05, 4.69) is 10.6 Å². The molecule has 0 heterocycles. The van der Waals surface area contributed by atoms with Gasteiger partial charge in [0.05, 0.1) is 13.1 Å². The molecule has 4 heteroatoms. The van der Waals surface area contributed by atoms with E-state index in [1.54, 1.807) is 7.05 Å². The Balaban J connectivity index is 0. The SMILES string of the molecule is CC.CNCC(=O)NCC=O. The molecule has 0 atom stereocenters. The number of aldehydes is 1. The Hall–Kier alpha value is -0.900. The molecule has 0 aromatic rings. The molecule has 0 spiro atoms. The van der Waals surface area contributed by atoms with Gasteiger partial charge < -0.3 is 15.4 Å². The molecule has 0 rings (SSSR count). The molecule has 0 aliphatic heterocycles. The van der Waals surface area contributed by atoms with Gasteiger partial charge in [-0.15, -0.1) is 0 Å². The third kappa shape index (κ3) is 12.3. The van der Waals surface area contributed by atoms with Gasteiger partial charge >= 0.3 is 0 Å². The van der Waals surface area contributed by atoms with Crippen molar-refractivity contribution in [3.63, 3.8) is 0 Å². The fourth-order valence-corrected chi connectivity index (χ4v) is 0.379. The number of nitrogens with one attached hydrogen (secondary N) is 2. The summed E-state index contributed by atoms with van der Waals surface area (Å²) in [6, 6.07) is 0. The first-order valence-corrected chi connectivity index (χ1v) is 3.66. The second-order valence-corrected chi connectivity index (χ2v) is 1.50. The van der Waals surface area contributed by atoms with Gasteiger partial charge in [0.25, 0.3) is 0 Å². The normalized spacial score (nSPS) is 7.55. The van der Waals surface area contributed by atoms with Crippen molar-refractivity contribution in [2.45, 2.75) is 13.8 Å². The molecule has 0 saturated heterocycles. The Morgan fingerprint density at radius 1 is 1.45 bits per heavy atom. The predicted molar refractivity (Wildman–Crippen MR) is 44.3 cm³/mol. The molecule has 0 aliphatic carbocycles. The number of amides is 1. The molecule has 0 aromatic carbocycles. The van der Waals surface area contributed by atoms with Crippen LogP contribution in [0.1, 0.15) is 13.8 Å². The highest BCUT2D eigenvalue weighted by molar-refractivity contribution is 5.79. The minimum Gasteiger partial charge on any atom is -0.348 e. The summed E-state index contributed by atoms with van der Waals surface area (Å²) in [6.07, 6.45) is 0.646. The lowest BCUT2D eigenvalue weighted by molar-refractivity contribution is -0.121. The van der Waals surface area contributed by atoms with E-state index >= 15 is 0 Å². The van der Waals surface area contributed by atoms with E-state index in [0.29, 0.717) is 6.29 Å². The van der Waals surface area contributed by atoms with Crippen molar-refractivity contribution in [3.05, 3.63) is 0 Å². The number of likely N-dealkylation sites (N-methyl/N-ethyl adjacent to an activating group) is 1. The lowest BCUT2D eigenvalue weighted by atomic mass is 10.5. The zero-order chi connectivity index (χ0) is 9.11. The summed E-state index contributed by atoms with van der Waals surface area (Å²) in [6.45, 7) is 4.36. The van der Waals surface area contributed by atoms with E-state index in [1.807, 2.05) is 13.8 Å². The van der Waals surface area contributed by atoms with Crippen molar-refractivity contribution in [2.75, 3.05) is 20.1 Å². The Bertz CT molecular complexity index is 105. The molecule has 0 fully saturated rings. The van der Waals surface area contributed by atoms with Crippen LogP contribution in [0.2, 0.25) is 0 Å². The standard InChI is InChI=1S/C5H10N2O2.C2H6/c1-6-4-5(9)7-2-3-8;1-2/h3,6H,2,4H2,1H3,(H,7,9);1-2H3. The maximum Gasteiger partial charge on any atom is 0.234 e. The summed E-state index contributed by atoms with van der Waals surface area (Å²) in [5.74, 6) is -0.162. The lowest BCUT2D eigenvalue weighted by Crippen LogP contribution is -2.33. The van der Waals surface area contributed by atoms with Crippen molar-refractivity contribution >= 4 is 12.2 Å². The Morgan fingerprint density at radius 2 is 2.00 bits per heavy atom. The van der Waals surface area contributed by atoms with E-state index in [1.165, 1.54) is 0 Å². The van der Waals surface area contributed by atoms with Crippen molar-refractivity contribution in [2.24, 2.45) is 0 Å². The zero-order valence-corrected chi connectivity index (χ0v) is 7.31. The van der Waals surface area contributed by atoms with Crippen LogP contribution < -0.4 is 10.6 Å². The average molecular weight is 160 g/mol. The molecule has 11 heavy (non-hydrogen) atoms. The Morgan fingerprint density at radius 3 is 2.36 bits per heavy atom. The van der Waals surface area contributed by atoms with Gasteiger partial charge in [0.15, 0.2) is 0 Å². The molecule has 4 nitrogen and oxygen atoms in total. The molecule has 66 valence electrons. The van der Waals surface area contributed by atoms with Crippen molar-refractivity contribution < 1.29 is 9.59 Å². The summed E-state index contributed by atoms with van der Waals surface area (Å²) >= 11 is 0. The second-order valence-electron chi connectivity index (χ2n) is 1.50. The largest absolute Gasteiger partial charge is 0.348 e. The number of carbonyl (C=O) groups excluding carboxylic acids is 2. The minimum atomic E-state index is -0.162. The third-order valence-electron chi connectivity index (χ3n) is 0.720. The van der Waals surface area contributed by atoms with E-state index in [-0.39, 0.29) is 19.0 Å². The third-order valence-corrected chi connectivity index (χ3v) is 0.720. The predicted octanol–water partition coefficient (Wildman–Crippen LogP) is -0.453. The summed E-state index contributed by atoms with van der Waals surface area (Å²) in [5, 5.41) is 5.01. The van der Waals surface area contributed by atoms with E-state index in [0.717, 1.165) is 0 Å². The molecule has 0 radical (unpaired) electrons. The van der Waals surface area contributed by atoms with Crippen LogP contribution in [0.3, 0.4) is 0 Å². The van der Waals surface area contributed by atoms with Gasteiger partial charge in [0, 0.05) is 0 Å². The van der Waals surface area contributed by atoms with Crippen molar-refractivity contribution in [1.29, 1.82) is 0 Å². The smallest absolute Gasteiger partial charge is 0.234 e. The number of hydrogen-bond acceptors (Lipinski definition) is 3. The monoisotopic (exact) mass is 160 g/mol.